The molecule has 2 aliphatic rings. The van der Waals surface area contributed by atoms with Gasteiger partial charge in [0.1, 0.15) is 0 Å². The first-order chi connectivity index (χ1) is 12.7. The van der Waals surface area contributed by atoms with Crippen LogP contribution in [0.15, 0.2) is 42.5 Å². The number of aryl methyl sites for hydroxylation is 1. The van der Waals surface area contributed by atoms with Crippen LogP contribution >= 0.6 is 0 Å². The third-order valence-electron chi connectivity index (χ3n) is 5.62. The van der Waals surface area contributed by atoms with Crippen molar-refractivity contribution in [2.24, 2.45) is 5.92 Å². The van der Waals surface area contributed by atoms with Crippen molar-refractivity contribution >= 4 is 11.6 Å². The maximum Gasteiger partial charge on any atom is 0.231 e. The summed E-state index contributed by atoms with van der Waals surface area (Å²) in [5.41, 5.74) is 6.10. The van der Waals surface area contributed by atoms with E-state index in [-0.39, 0.29) is 11.8 Å². The fourth-order valence-electron chi connectivity index (χ4n) is 4.17. The largest absolute Gasteiger partial charge is 0.311 e. The zero-order valence-electron chi connectivity index (χ0n) is 15.1. The molecule has 1 atom stereocenters. The smallest absolute Gasteiger partial charge is 0.231 e. The SMILES string of the molecule is CCc1cccc(-c2cccc3c2CCN3C(=O)C2CCN(C#N)C2)c1. The number of nitriles is 1. The van der Waals surface area contributed by atoms with Crippen molar-refractivity contribution in [2.45, 2.75) is 26.2 Å². The molecule has 2 heterocycles. The molecule has 0 bridgehead atoms. The molecule has 0 saturated carbocycles. The second kappa shape index (κ2) is 6.84. The predicted octanol–water partition coefficient (Wildman–Crippen LogP) is 3.61. The highest BCUT2D eigenvalue weighted by Crippen LogP contribution is 2.37. The molecule has 4 heteroatoms. The van der Waals surface area contributed by atoms with Gasteiger partial charge in [-0.2, -0.15) is 5.26 Å². The van der Waals surface area contributed by atoms with Crippen LogP contribution < -0.4 is 4.90 Å². The topological polar surface area (TPSA) is 47.3 Å². The maximum atomic E-state index is 13.0. The van der Waals surface area contributed by atoms with Crippen LogP contribution in [0.25, 0.3) is 11.1 Å². The molecule has 1 unspecified atom stereocenters. The summed E-state index contributed by atoms with van der Waals surface area (Å²) in [4.78, 5) is 16.6. The molecule has 1 amide bonds. The molecule has 1 saturated heterocycles. The van der Waals surface area contributed by atoms with Crippen molar-refractivity contribution in [3.63, 3.8) is 0 Å². The molecule has 0 radical (unpaired) electrons. The minimum absolute atomic E-state index is 0.0623. The standard InChI is InChI=1S/C22H23N3O/c1-2-16-5-3-6-17(13-16)19-7-4-8-21-20(19)10-12-25(21)22(26)18-9-11-24(14-18)15-23/h3-8,13,18H,2,9-12,14H2,1H3. The Kier molecular flexibility index (Phi) is 4.38. The van der Waals surface area contributed by atoms with E-state index in [0.717, 1.165) is 31.5 Å². The predicted molar refractivity (Wildman–Crippen MR) is 103 cm³/mol. The van der Waals surface area contributed by atoms with E-state index < -0.39 is 0 Å². The van der Waals surface area contributed by atoms with Crippen molar-refractivity contribution in [2.75, 3.05) is 24.5 Å². The third-order valence-corrected chi connectivity index (χ3v) is 5.62. The molecule has 0 spiro atoms. The number of anilines is 1. The molecular formula is C22H23N3O. The lowest BCUT2D eigenvalue weighted by atomic mass is 9.96. The number of carbonyl (C=O) groups excluding carboxylic acids is 1. The maximum absolute atomic E-state index is 13.0. The number of hydrogen-bond donors (Lipinski definition) is 0. The number of hydrogen-bond acceptors (Lipinski definition) is 3. The Hall–Kier alpha value is -2.80. The van der Waals surface area contributed by atoms with Crippen molar-refractivity contribution in [3.05, 3.63) is 53.6 Å². The second-order valence-electron chi connectivity index (χ2n) is 7.13. The average molecular weight is 345 g/mol. The van der Waals surface area contributed by atoms with Gasteiger partial charge in [-0.3, -0.25) is 4.79 Å². The zero-order chi connectivity index (χ0) is 18.1. The number of amides is 1. The van der Waals surface area contributed by atoms with Crippen LogP contribution in [0, 0.1) is 17.4 Å². The molecule has 2 aromatic carbocycles. The van der Waals surface area contributed by atoms with Gasteiger partial charge in [-0.25, -0.2) is 0 Å². The fraction of sp³-hybridized carbons (Fsp3) is 0.364. The molecular weight excluding hydrogens is 322 g/mol. The molecule has 0 aromatic heterocycles. The molecule has 132 valence electrons. The summed E-state index contributed by atoms with van der Waals surface area (Å²) in [6.45, 7) is 4.15. The molecule has 26 heavy (non-hydrogen) atoms. The van der Waals surface area contributed by atoms with Crippen molar-refractivity contribution in [1.82, 2.24) is 4.90 Å². The summed E-state index contributed by atoms with van der Waals surface area (Å²) in [7, 11) is 0. The normalized spacial score (nSPS) is 18.7. The summed E-state index contributed by atoms with van der Waals surface area (Å²) in [6.07, 6.45) is 4.85. The lowest BCUT2D eigenvalue weighted by Crippen LogP contribution is -2.35. The number of benzene rings is 2. The summed E-state index contributed by atoms with van der Waals surface area (Å²) >= 11 is 0. The number of nitrogens with zero attached hydrogens (tertiary/aromatic N) is 3. The van der Waals surface area contributed by atoms with E-state index in [2.05, 4.69) is 55.6 Å². The molecule has 1 fully saturated rings. The minimum Gasteiger partial charge on any atom is -0.311 e. The third kappa shape index (κ3) is 2.84. The van der Waals surface area contributed by atoms with E-state index in [4.69, 9.17) is 5.26 Å². The Balaban J connectivity index is 1.64. The lowest BCUT2D eigenvalue weighted by molar-refractivity contribution is -0.121. The van der Waals surface area contributed by atoms with Gasteiger partial charge in [-0.05, 0) is 47.6 Å². The number of likely N-dealkylation sites (tertiary alicyclic amines) is 1. The van der Waals surface area contributed by atoms with Gasteiger partial charge in [-0.1, -0.05) is 43.3 Å². The van der Waals surface area contributed by atoms with Crippen LogP contribution in [-0.2, 0) is 17.6 Å². The Morgan fingerprint density at radius 3 is 2.85 bits per heavy atom. The minimum atomic E-state index is -0.0623. The van der Waals surface area contributed by atoms with E-state index in [1.807, 2.05) is 4.90 Å². The highest BCUT2D eigenvalue weighted by Gasteiger charge is 2.35. The van der Waals surface area contributed by atoms with Crippen LogP contribution in [0.2, 0.25) is 0 Å². The summed E-state index contributed by atoms with van der Waals surface area (Å²) in [5, 5.41) is 9.04. The summed E-state index contributed by atoms with van der Waals surface area (Å²) in [6, 6.07) is 14.9. The van der Waals surface area contributed by atoms with Crippen LogP contribution in [0.3, 0.4) is 0 Å². The quantitative estimate of drug-likeness (QED) is 0.799. The van der Waals surface area contributed by atoms with Gasteiger partial charge in [0, 0.05) is 25.3 Å². The first-order valence-corrected chi connectivity index (χ1v) is 9.38. The van der Waals surface area contributed by atoms with Crippen molar-refractivity contribution < 1.29 is 4.79 Å². The Morgan fingerprint density at radius 1 is 1.23 bits per heavy atom. The molecule has 0 N–H and O–H groups in total. The van der Waals surface area contributed by atoms with E-state index in [0.29, 0.717) is 13.1 Å². The first-order valence-electron chi connectivity index (χ1n) is 9.38. The molecule has 0 aliphatic carbocycles. The highest BCUT2D eigenvalue weighted by molar-refractivity contribution is 5.98. The number of rotatable bonds is 3. The number of fused-ring (bicyclic) bond motifs is 1. The van der Waals surface area contributed by atoms with Crippen LogP contribution in [0.1, 0.15) is 24.5 Å². The first kappa shape index (κ1) is 16.7. The highest BCUT2D eigenvalue weighted by atomic mass is 16.2. The molecule has 2 aromatic rings. The summed E-state index contributed by atoms with van der Waals surface area (Å²) in [5.74, 6) is 0.105. The van der Waals surface area contributed by atoms with E-state index in [9.17, 15) is 4.79 Å². The second-order valence-corrected chi connectivity index (χ2v) is 7.13. The molecule has 4 nitrogen and oxygen atoms in total. The fourth-order valence-corrected chi connectivity index (χ4v) is 4.17. The van der Waals surface area contributed by atoms with Gasteiger partial charge < -0.3 is 9.80 Å². The van der Waals surface area contributed by atoms with E-state index in [1.54, 1.807) is 4.90 Å². The lowest BCUT2D eigenvalue weighted by Gasteiger charge is -2.21. The van der Waals surface area contributed by atoms with Gasteiger partial charge in [0.05, 0.1) is 5.92 Å². The molecule has 4 rings (SSSR count). The van der Waals surface area contributed by atoms with Crippen LogP contribution in [0.5, 0.6) is 0 Å². The van der Waals surface area contributed by atoms with Gasteiger partial charge >= 0.3 is 0 Å². The van der Waals surface area contributed by atoms with Gasteiger partial charge in [0.15, 0.2) is 6.19 Å². The Bertz CT molecular complexity index is 883. The Morgan fingerprint density at radius 2 is 2.08 bits per heavy atom. The molecule has 2 aliphatic heterocycles. The summed E-state index contributed by atoms with van der Waals surface area (Å²) < 4.78 is 0. The van der Waals surface area contributed by atoms with Crippen molar-refractivity contribution in [1.29, 1.82) is 5.26 Å². The van der Waals surface area contributed by atoms with E-state index >= 15 is 0 Å². The van der Waals surface area contributed by atoms with Crippen LogP contribution in [-0.4, -0.2) is 30.4 Å². The van der Waals surface area contributed by atoms with Gasteiger partial charge in [0.2, 0.25) is 5.91 Å². The number of carbonyl (C=O) groups is 1. The van der Waals surface area contributed by atoms with Gasteiger partial charge in [-0.15, -0.1) is 0 Å². The Labute approximate surface area is 154 Å². The average Bonchev–Trinajstić information content (AvgIpc) is 3.34. The van der Waals surface area contributed by atoms with Gasteiger partial charge in [0.25, 0.3) is 0 Å². The van der Waals surface area contributed by atoms with E-state index in [1.165, 1.54) is 22.3 Å². The van der Waals surface area contributed by atoms with Crippen molar-refractivity contribution in [3.8, 4) is 17.3 Å². The monoisotopic (exact) mass is 345 g/mol. The zero-order valence-corrected chi connectivity index (χ0v) is 15.1. The van der Waals surface area contributed by atoms with Crippen LogP contribution in [0.4, 0.5) is 5.69 Å².